The fourth-order valence-corrected chi connectivity index (χ4v) is 8.02. The van der Waals surface area contributed by atoms with Crippen molar-refractivity contribution in [3.8, 4) is 0 Å². The normalized spacial score (nSPS) is 14.2. The predicted molar refractivity (Wildman–Crippen MR) is 257 cm³/mol. The van der Waals surface area contributed by atoms with Gasteiger partial charge in [-0.3, -0.25) is 10.2 Å². The highest BCUT2D eigenvalue weighted by atomic mass is 16.3. The third-order valence-electron chi connectivity index (χ3n) is 11.9. The third kappa shape index (κ3) is 8.92. The van der Waals surface area contributed by atoms with Gasteiger partial charge in [0.15, 0.2) is 5.78 Å². The molecule has 5 N–H and O–H groups in total. The van der Waals surface area contributed by atoms with Crippen molar-refractivity contribution in [1.29, 1.82) is 5.41 Å². The number of ketones is 1. The zero-order valence-electron chi connectivity index (χ0n) is 38.0. The molecule has 0 saturated carbocycles. The molecule has 6 aromatic rings. The van der Waals surface area contributed by atoms with E-state index in [1.165, 1.54) is 16.7 Å². The van der Waals surface area contributed by atoms with E-state index in [1.807, 2.05) is 72.8 Å². The molecule has 0 spiro atoms. The van der Waals surface area contributed by atoms with Gasteiger partial charge >= 0.3 is 0 Å². The van der Waals surface area contributed by atoms with Gasteiger partial charge in [0.05, 0.1) is 17.0 Å². The molecule has 7 rings (SSSR count). The van der Waals surface area contributed by atoms with Crippen molar-refractivity contribution < 1.29 is 9.90 Å². The summed E-state index contributed by atoms with van der Waals surface area (Å²) in [5.41, 5.74) is 11.9. The molecule has 1 aliphatic rings. The molecule has 0 fully saturated rings. The lowest BCUT2D eigenvalue weighted by Gasteiger charge is -2.32. The number of anilines is 6. The molecule has 0 heterocycles. The van der Waals surface area contributed by atoms with E-state index in [9.17, 15) is 10.5 Å². The van der Waals surface area contributed by atoms with Gasteiger partial charge in [0, 0.05) is 56.3 Å². The van der Waals surface area contributed by atoms with Crippen LogP contribution in [0.2, 0.25) is 0 Å². The lowest BCUT2D eigenvalue weighted by atomic mass is 9.77. The van der Waals surface area contributed by atoms with E-state index >= 15 is 4.79 Å². The number of carbonyl (C=O) groups excluding carboxylic acids is 1. The van der Waals surface area contributed by atoms with Crippen LogP contribution in [0.25, 0.3) is 0 Å². The maximum atomic E-state index is 15.6. The van der Waals surface area contributed by atoms with Gasteiger partial charge < -0.3 is 21.1 Å². The van der Waals surface area contributed by atoms with Gasteiger partial charge in [-0.05, 0) is 105 Å². The van der Waals surface area contributed by atoms with E-state index < -0.39 is 6.10 Å². The van der Waals surface area contributed by atoms with Crippen molar-refractivity contribution in [3.05, 3.63) is 177 Å². The smallest absolute Gasteiger partial charge is 0.196 e. The van der Waals surface area contributed by atoms with Gasteiger partial charge in [0.1, 0.15) is 6.10 Å². The van der Waals surface area contributed by atoms with Crippen molar-refractivity contribution >= 4 is 45.6 Å². The summed E-state index contributed by atoms with van der Waals surface area (Å²) in [6, 6.07) is 40.5. The molecule has 1 atom stereocenters. The summed E-state index contributed by atoms with van der Waals surface area (Å²) in [7, 11) is 0. The summed E-state index contributed by atoms with van der Waals surface area (Å²) in [4.78, 5) is 15.6. The minimum Gasteiger partial charge on any atom is -0.383 e. The quantitative estimate of drug-likeness (QED) is 0.0987. The van der Waals surface area contributed by atoms with Crippen LogP contribution in [0, 0.1) is 5.41 Å². The van der Waals surface area contributed by atoms with Gasteiger partial charge in [-0.1, -0.05) is 144 Å². The summed E-state index contributed by atoms with van der Waals surface area (Å²) in [6.07, 6.45) is -1.24. The molecule has 0 saturated heterocycles. The Morgan fingerprint density at radius 3 is 1.13 bits per heavy atom. The van der Waals surface area contributed by atoms with Crippen molar-refractivity contribution in [2.24, 2.45) is 0 Å². The number of hydrogen-bond donors (Lipinski definition) is 5. The Morgan fingerprint density at radius 2 is 0.754 bits per heavy atom. The van der Waals surface area contributed by atoms with Gasteiger partial charge in [0.25, 0.3) is 0 Å². The molecule has 0 radical (unpaired) electrons. The standard InChI is InChI=1S/C55H62N4O2/c1-52(2,3)34-15-13-33(14-16-34)49(56)41-29-30-42(57-38-23-17-35(18-24-38)53(4,5)6)46-45(41)50(60)47-43(58-39-25-19-36(20-26-39)54(7,8)9)31-32-44(48(47)51(46)61)59-40-27-21-37(22-28-40)55(10,11)12/h13-32,51,56-59,61H,1-12H3. The Labute approximate surface area is 363 Å². The molecule has 6 heteroatoms. The number of nitrogens with one attached hydrogen (secondary N) is 4. The van der Waals surface area contributed by atoms with Crippen molar-refractivity contribution in [2.75, 3.05) is 16.0 Å². The Bertz CT molecular complexity index is 2590. The second-order valence-corrected chi connectivity index (χ2v) is 20.7. The molecular formula is C55H62N4O2. The van der Waals surface area contributed by atoms with E-state index in [2.05, 4.69) is 148 Å². The second-order valence-electron chi connectivity index (χ2n) is 20.7. The number of benzene rings is 6. The average molecular weight is 811 g/mol. The van der Waals surface area contributed by atoms with E-state index in [0.29, 0.717) is 50.4 Å². The van der Waals surface area contributed by atoms with Crippen molar-refractivity contribution in [2.45, 2.75) is 111 Å². The van der Waals surface area contributed by atoms with Crippen LogP contribution in [0.3, 0.4) is 0 Å². The zero-order chi connectivity index (χ0) is 44.2. The molecule has 314 valence electrons. The van der Waals surface area contributed by atoms with E-state index in [1.54, 1.807) is 0 Å². The van der Waals surface area contributed by atoms with E-state index in [0.717, 1.165) is 22.6 Å². The number of aliphatic hydroxyl groups excluding tert-OH is 1. The van der Waals surface area contributed by atoms with Gasteiger partial charge in [0.2, 0.25) is 0 Å². The number of rotatable bonds is 8. The molecule has 0 aromatic heterocycles. The molecule has 0 amide bonds. The predicted octanol–water partition coefficient (Wildman–Crippen LogP) is 14.1. The molecule has 0 aliphatic heterocycles. The molecule has 6 aromatic carbocycles. The van der Waals surface area contributed by atoms with Crippen molar-refractivity contribution in [1.82, 2.24) is 0 Å². The highest BCUT2D eigenvalue weighted by Crippen LogP contribution is 2.48. The average Bonchev–Trinajstić information content (AvgIpc) is 3.19. The third-order valence-corrected chi connectivity index (χ3v) is 11.9. The van der Waals surface area contributed by atoms with Crippen LogP contribution in [0.4, 0.5) is 34.1 Å². The first kappa shape index (κ1) is 43.1. The molecule has 1 aliphatic carbocycles. The SMILES string of the molecule is CC(C)(C)c1ccc(Nc2ccc(Nc3ccc(C(C)(C)C)cc3)c3c2C(=O)c2c(C(=N)c4ccc(C(C)(C)C)cc4)ccc(Nc4ccc(C(C)(C)C)cc4)c2C3O)cc1. The Balaban J connectivity index is 1.41. The fourth-order valence-electron chi connectivity index (χ4n) is 8.02. The van der Waals surface area contributed by atoms with E-state index in [4.69, 9.17) is 0 Å². The first-order chi connectivity index (χ1) is 28.5. The first-order valence-electron chi connectivity index (χ1n) is 21.4. The molecule has 1 unspecified atom stereocenters. The molecular weight excluding hydrogens is 749 g/mol. The van der Waals surface area contributed by atoms with Crippen molar-refractivity contribution in [3.63, 3.8) is 0 Å². The van der Waals surface area contributed by atoms with Crippen LogP contribution < -0.4 is 16.0 Å². The van der Waals surface area contributed by atoms with Crippen LogP contribution in [-0.4, -0.2) is 16.6 Å². The van der Waals surface area contributed by atoms with Crippen LogP contribution >= 0.6 is 0 Å². The Hall–Kier alpha value is -5.98. The highest BCUT2D eigenvalue weighted by molar-refractivity contribution is 6.25. The van der Waals surface area contributed by atoms with E-state index in [-0.39, 0.29) is 33.2 Å². The summed E-state index contributed by atoms with van der Waals surface area (Å²) >= 11 is 0. The topological polar surface area (TPSA) is 97.2 Å². The lowest BCUT2D eigenvalue weighted by Crippen LogP contribution is -2.26. The zero-order valence-corrected chi connectivity index (χ0v) is 38.0. The van der Waals surface area contributed by atoms with Crippen LogP contribution in [0.5, 0.6) is 0 Å². The highest BCUT2D eigenvalue weighted by Gasteiger charge is 2.39. The number of fused-ring (bicyclic) bond motifs is 2. The largest absolute Gasteiger partial charge is 0.383 e. The molecule has 6 nitrogen and oxygen atoms in total. The summed E-state index contributed by atoms with van der Waals surface area (Å²) < 4.78 is 0. The van der Waals surface area contributed by atoms with Crippen LogP contribution in [0.1, 0.15) is 150 Å². The Kier molecular flexibility index (Phi) is 11.2. The Morgan fingerprint density at radius 1 is 0.443 bits per heavy atom. The van der Waals surface area contributed by atoms with Gasteiger partial charge in [-0.15, -0.1) is 0 Å². The minimum absolute atomic E-state index is 0.0149. The first-order valence-corrected chi connectivity index (χ1v) is 21.4. The molecule has 0 bridgehead atoms. The maximum absolute atomic E-state index is 15.6. The number of hydrogen-bond acceptors (Lipinski definition) is 6. The van der Waals surface area contributed by atoms with Gasteiger partial charge in [-0.25, -0.2) is 0 Å². The summed E-state index contributed by atoms with van der Waals surface area (Å²) in [5, 5.41) is 33.3. The summed E-state index contributed by atoms with van der Waals surface area (Å²) in [6.45, 7) is 26.2. The number of carbonyl (C=O) groups is 1. The molecule has 61 heavy (non-hydrogen) atoms. The van der Waals surface area contributed by atoms with Crippen LogP contribution in [0.15, 0.2) is 121 Å². The second kappa shape index (κ2) is 15.8. The monoisotopic (exact) mass is 810 g/mol. The summed E-state index contributed by atoms with van der Waals surface area (Å²) in [5.74, 6) is -0.270. The maximum Gasteiger partial charge on any atom is 0.196 e. The van der Waals surface area contributed by atoms with Crippen LogP contribution in [-0.2, 0) is 21.7 Å². The fraction of sp³-hybridized carbons (Fsp3) is 0.309. The minimum atomic E-state index is -1.24. The lowest BCUT2D eigenvalue weighted by molar-refractivity contribution is 0.102. The van der Waals surface area contributed by atoms with Gasteiger partial charge in [-0.2, -0.15) is 0 Å². The number of aliphatic hydroxyl groups is 1.